The number of phenols is 1. The molecule has 0 atom stereocenters. The highest BCUT2D eigenvalue weighted by molar-refractivity contribution is 9.10. The Bertz CT molecular complexity index is 300. The summed E-state index contributed by atoms with van der Waals surface area (Å²) in [5.41, 5.74) is 0.837. The Hall–Kier alpha value is -0.610. The minimum Gasteiger partial charge on any atom is -0.506 e. The monoisotopic (exact) mass is 248 g/mol. The molecule has 2 N–H and O–H groups in total. The fourth-order valence-electron chi connectivity index (χ4n) is 1.17. The third-order valence-corrected chi connectivity index (χ3v) is 2.54. The fourth-order valence-corrected chi connectivity index (χ4v) is 1.61. The van der Waals surface area contributed by atoms with Gasteiger partial charge in [0.15, 0.2) is 0 Å². The number of rotatable bonds is 2. The van der Waals surface area contributed by atoms with Gasteiger partial charge in [0.1, 0.15) is 11.6 Å². The van der Waals surface area contributed by atoms with Crippen molar-refractivity contribution in [3.05, 3.63) is 27.5 Å². The largest absolute Gasteiger partial charge is 0.506 e. The molecular formula is C9H10BrFO2. The molecule has 0 aromatic heterocycles. The number of phenolic OH excluding ortho intramolecular Hbond substituents is 1. The lowest BCUT2D eigenvalue weighted by Gasteiger charge is -2.09. The number of hydrogen-bond acceptors (Lipinski definition) is 2. The van der Waals surface area contributed by atoms with Crippen LogP contribution in [0.3, 0.4) is 0 Å². The van der Waals surface area contributed by atoms with E-state index in [9.17, 15) is 9.50 Å². The standard InChI is InChI=1S/C9H10BrFO2/c1-5-6(2-3-12)9(13)7(10)4-8(5)11/h4,12-13H,2-3H2,1H3. The van der Waals surface area contributed by atoms with Gasteiger partial charge in [-0.2, -0.15) is 0 Å². The fraction of sp³-hybridized carbons (Fsp3) is 0.333. The Kier molecular flexibility index (Phi) is 3.27. The molecule has 0 heterocycles. The summed E-state index contributed by atoms with van der Waals surface area (Å²) in [4.78, 5) is 0. The Morgan fingerprint density at radius 3 is 2.69 bits per heavy atom. The average Bonchev–Trinajstić information content (AvgIpc) is 2.09. The molecule has 2 nitrogen and oxygen atoms in total. The van der Waals surface area contributed by atoms with Crippen molar-refractivity contribution in [3.8, 4) is 5.75 Å². The lowest BCUT2D eigenvalue weighted by molar-refractivity contribution is 0.296. The van der Waals surface area contributed by atoms with E-state index < -0.39 is 0 Å². The Morgan fingerprint density at radius 1 is 1.54 bits per heavy atom. The summed E-state index contributed by atoms with van der Waals surface area (Å²) in [6.07, 6.45) is 0.258. The van der Waals surface area contributed by atoms with E-state index in [0.717, 1.165) is 0 Å². The second-order valence-electron chi connectivity index (χ2n) is 2.77. The van der Waals surface area contributed by atoms with E-state index in [1.807, 2.05) is 0 Å². The molecule has 0 aliphatic carbocycles. The summed E-state index contributed by atoms with van der Waals surface area (Å²) in [7, 11) is 0. The van der Waals surface area contributed by atoms with E-state index in [-0.39, 0.29) is 24.6 Å². The summed E-state index contributed by atoms with van der Waals surface area (Å²) in [6.45, 7) is 1.47. The summed E-state index contributed by atoms with van der Waals surface area (Å²) < 4.78 is 13.4. The van der Waals surface area contributed by atoms with Crippen LogP contribution in [0, 0.1) is 12.7 Å². The SMILES string of the molecule is Cc1c(F)cc(Br)c(O)c1CCO. The first-order chi connectivity index (χ1) is 6.07. The molecule has 0 saturated heterocycles. The predicted octanol–water partition coefficient (Wildman–Crippen LogP) is 2.14. The van der Waals surface area contributed by atoms with Gasteiger partial charge in [-0.1, -0.05) is 0 Å². The van der Waals surface area contributed by atoms with Crippen LogP contribution in [0.5, 0.6) is 5.75 Å². The number of benzene rings is 1. The molecular weight excluding hydrogens is 239 g/mol. The molecule has 0 radical (unpaired) electrons. The smallest absolute Gasteiger partial charge is 0.133 e. The Balaban J connectivity index is 3.28. The zero-order valence-corrected chi connectivity index (χ0v) is 8.73. The van der Waals surface area contributed by atoms with Crippen LogP contribution in [0.4, 0.5) is 4.39 Å². The maximum absolute atomic E-state index is 13.1. The van der Waals surface area contributed by atoms with Crippen molar-refractivity contribution in [3.63, 3.8) is 0 Å². The van der Waals surface area contributed by atoms with E-state index in [1.54, 1.807) is 6.92 Å². The third kappa shape index (κ3) is 2.00. The molecule has 1 rings (SSSR count). The van der Waals surface area contributed by atoms with E-state index in [1.165, 1.54) is 6.07 Å². The zero-order valence-electron chi connectivity index (χ0n) is 7.14. The highest BCUT2D eigenvalue weighted by Gasteiger charge is 2.12. The minimum absolute atomic E-state index is 0.00736. The number of halogens is 2. The van der Waals surface area contributed by atoms with Crippen molar-refractivity contribution in [2.24, 2.45) is 0 Å². The van der Waals surface area contributed by atoms with Crippen molar-refractivity contribution in [2.75, 3.05) is 6.61 Å². The van der Waals surface area contributed by atoms with E-state index >= 15 is 0 Å². The maximum Gasteiger partial charge on any atom is 0.133 e. The molecule has 13 heavy (non-hydrogen) atoms. The first kappa shape index (κ1) is 10.5. The summed E-state index contributed by atoms with van der Waals surface area (Å²) >= 11 is 3.03. The molecule has 0 aliphatic rings. The number of aromatic hydroxyl groups is 1. The Labute approximate surface area is 84.1 Å². The van der Waals surface area contributed by atoms with Gasteiger partial charge in [0.2, 0.25) is 0 Å². The van der Waals surface area contributed by atoms with Crippen molar-refractivity contribution < 1.29 is 14.6 Å². The molecule has 0 saturated carbocycles. The van der Waals surface area contributed by atoms with Gasteiger partial charge < -0.3 is 10.2 Å². The van der Waals surface area contributed by atoms with Crippen molar-refractivity contribution in [2.45, 2.75) is 13.3 Å². The molecule has 0 aliphatic heterocycles. The lowest BCUT2D eigenvalue weighted by atomic mass is 10.0. The first-order valence-corrected chi connectivity index (χ1v) is 4.64. The van der Waals surface area contributed by atoms with Crippen molar-refractivity contribution in [1.29, 1.82) is 0 Å². The minimum atomic E-state index is -0.381. The van der Waals surface area contributed by atoms with Crippen LogP contribution in [-0.2, 0) is 6.42 Å². The molecule has 0 spiro atoms. The van der Waals surface area contributed by atoms with Gasteiger partial charge in [0.05, 0.1) is 4.47 Å². The normalized spacial score (nSPS) is 10.5. The molecule has 0 amide bonds. The van der Waals surface area contributed by atoms with Crippen LogP contribution >= 0.6 is 15.9 Å². The van der Waals surface area contributed by atoms with Gasteiger partial charge in [-0.05, 0) is 40.9 Å². The topological polar surface area (TPSA) is 40.5 Å². The number of hydrogen-bond donors (Lipinski definition) is 2. The molecule has 1 aromatic carbocycles. The van der Waals surface area contributed by atoms with Gasteiger partial charge >= 0.3 is 0 Å². The number of aliphatic hydroxyl groups is 1. The molecule has 0 bridgehead atoms. The second-order valence-corrected chi connectivity index (χ2v) is 3.62. The molecule has 0 unspecified atom stereocenters. The second kappa shape index (κ2) is 4.07. The van der Waals surface area contributed by atoms with Crippen LogP contribution in [0.25, 0.3) is 0 Å². The van der Waals surface area contributed by atoms with Crippen molar-refractivity contribution >= 4 is 15.9 Å². The van der Waals surface area contributed by atoms with Crippen LogP contribution in [0.2, 0.25) is 0 Å². The molecule has 0 fully saturated rings. The molecule has 1 aromatic rings. The quantitative estimate of drug-likeness (QED) is 0.842. The molecule has 72 valence electrons. The lowest BCUT2D eigenvalue weighted by Crippen LogP contribution is -1.98. The van der Waals surface area contributed by atoms with E-state index in [4.69, 9.17) is 5.11 Å². The Morgan fingerprint density at radius 2 is 2.15 bits per heavy atom. The van der Waals surface area contributed by atoms with Gasteiger partial charge in [0.25, 0.3) is 0 Å². The van der Waals surface area contributed by atoms with Crippen LogP contribution in [0.1, 0.15) is 11.1 Å². The zero-order chi connectivity index (χ0) is 10.0. The number of aliphatic hydroxyl groups excluding tert-OH is 1. The van der Waals surface area contributed by atoms with Crippen LogP contribution in [-0.4, -0.2) is 16.8 Å². The van der Waals surface area contributed by atoms with Gasteiger partial charge in [-0.3, -0.25) is 0 Å². The van der Waals surface area contributed by atoms with Crippen LogP contribution in [0.15, 0.2) is 10.5 Å². The summed E-state index contributed by atoms with van der Waals surface area (Å²) in [6, 6.07) is 1.21. The average molecular weight is 249 g/mol. The maximum atomic E-state index is 13.1. The van der Waals surface area contributed by atoms with Crippen LogP contribution < -0.4 is 0 Å². The highest BCUT2D eigenvalue weighted by atomic mass is 79.9. The third-order valence-electron chi connectivity index (χ3n) is 1.94. The van der Waals surface area contributed by atoms with E-state index in [0.29, 0.717) is 15.6 Å². The van der Waals surface area contributed by atoms with Gasteiger partial charge in [0, 0.05) is 12.2 Å². The summed E-state index contributed by atoms with van der Waals surface area (Å²) in [5.74, 6) is -0.374. The highest BCUT2D eigenvalue weighted by Crippen LogP contribution is 2.32. The summed E-state index contributed by atoms with van der Waals surface area (Å²) in [5, 5.41) is 18.2. The molecule has 4 heteroatoms. The van der Waals surface area contributed by atoms with E-state index in [2.05, 4.69) is 15.9 Å². The first-order valence-electron chi connectivity index (χ1n) is 3.85. The van der Waals surface area contributed by atoms with Gasteiger partial charge in [-0.15, -0.1) is 0 Å². The predicted molar refractivity (Wildman–Crippen MR) is 51.3 cm³/mol. The van der Waals surface area contributed by atoms with Gasteiger partial charge in [-0.25, -0.2) is 4.39 Å². The van der Waals surface area contributed by atoms with Crippen molar-refractivity contribution in [1.82, 2.24) is 0 Å².